The fourth-order valence-electron chi connectivity index (χ4n) is 5.93. The van der Waals surface area contributed by atoms with Crippen molar-refractivity contribution in [2.75, 3.05) is 6.61 Å². The Morgan fingerprint density at radius 2 is 1.76 bits per heavy atom. The molecule has 0 spiro atoms. The van der Waals surface area contributed by atoms with Crippen molar-refractivity contribution in [3.63, 3.8) is 0 Å². The minimum Gasteiger partial charge on any atom is -0.481 e. The summed E-state index contributed by atoms with van der Waals surface area (Å²) in [5.74, 6) is 3.17. The molecule has 1 heterocycles. The molecule has 0 unspecified atom stereocenters. The molecule has 0 aliphatic heterocycles. The molecule has 0 saturated heterocycles. The molecule has 25 heavy (non-hydrogen) atoms. The number of hydrogen-bond donors (Lipinski definition) is 1. The number of amides is 1. The zero-order valence-electron chi connectivity index (χ0n) is 14.4. The van der Waals surface area contributed by atoms with Gasteiger partial charge in [-0.3, -0.25) is 9.78 Å². The number of nitrogens with one attached hydrogen (secondary N) is 1. The molecular weight excluding hydrogens is 312 g/mol. The third kappa shape index (κ3) is 2.78. The number of rotatable bonds is 4. The molecule has 4 fully saturated rings. The SMILES string of the molecule is O=C(COc1cccc2cccnc12)NC12CC3CC(CC(C3)C1)C2. The van der Waals surface area contributed by atoms with E-state index in [9.17, 15) is 4.79 Å². The van der Waals surface area contributed by atoms with Gasteiger partial charge in [0, 0.05) is 17.1 Å². The van der Waals surface area contributed by atoms with Gasteiger partial charge in [0.05, 0.1) is 0 Å². The lowest BCUT2D eigenvalue weighted by atomic mass is 9.53. The predicted molar refractivity (Wildman–Crippen MR) is 96.3 cm³/mol. The zero-order chi connectivity index (χ0) is 16.9. The van der Waals surface area contributed by atoms with Crippen LogP contribution in [0.2, 0.25) is 0 Å². The summed E-state index contributed by atoms with van der Waals surface area (Å²) in [6, 6.07) is 9.74. The maximum atomic E-state index is 12.6. The first-order chi connectivity index (χ1) is 12.2. The van der Waals surface area contributed by atoms with E-state index < -0.39 is 0 Å². The average Bonchev–Trinajstić information content (AvgIpc) is 2.58. The highest BCUT2D eigenvalue weighted by Crippen LogP contribution is 2.55. The summed E-state index contributed by atoms with van der Waals surface area (Å²) >= 11 is 0. The van der Waals surface area contributed by atoms with Crippen LogP contribution in [-0.2, 0) is 4.79 Å². The topological polar surface area (TPSA) is 51.2 Å². The summed E-state index contributed by atoms with van der Waals surface area (Å²) in [6.45, 7) is 0.0669. The summed E-state index contributed by atoms with van der Waals surface area (Å²) < 4.78 is 5.82. The van der Waals surface area contributed by atoms with Crippen molar-refractivity contribution in [2.45, 2.75) is 44.1 Å². The fourth-order valence-corrected chi connectivity index (χ4v) is 5.93. The minimum atomic E-state index is 0.00915. The van der Waals surface area contributed by atoms with Gasteiger partial charge in [-0.05, 0) is 68.4 Å². The van der Waals surface area contributed by atoms with Crippen molar-refractivity contribution in [3.8, 4) is 5.75 Å². The molecule has 1 amide bonds. The molecule has 130 valence electrons. The smallest absolute Gasteiger partial charge is 0.258 e. The van der Waals surface area contributed by atoms with Crippen LogP contribution < -0.4 is 10.1 Å². The Balaban J connectivity index is 1.27. The van der Waals surface area contributed by atoms with E-state index in [2.05, 4.69) is 10.3 Å². The first kappa shape index (κ1) is 15.2. The quantitative estimate of drug-likeness (QED) is 0.926. The lowest BCUT2D eigenvalue weighted by Gasteiger charge is -2.56. The van der Waals surface area contributed by atoms with Crippen LogP contribution in [0.15, 0.2) is 36.5 Å². The molecule has 1 aromatic carbocycles. The van der Waals surface area contributed by atoms with Crippen LogP contribution in [0, 0.1) is 17.8 Å². The number of pyridine rings is 1. The van der Waals surface area contributed by atoms with Gasteiger partial charge < -0.3 is 10.1 Å². The van der Waals surface area contributed by atoms with E-state index in [1.807, 2.05) is 30.3 Å². The van der Waals surface area contributed by atoms with Gasteiger partial charge in [-0.25, -0.2) is 0 Å². The highest BCUT2D eigenvalue weighted by molar-refractivity contribution is 5.85. The minimum absolute atomic E-state index is 0.00915. The molecule has 4 saturated carbocycles. The Kier molecular flexibility index (Phi) is 3.47. The largest absolute Gasteiger partial charge is 0.481 e. The summed E-state index contributed by atoms with van der Waals surface area (Å²) in [4.78, 5) is 17.0. The number of hydrogen-bond acceptors (Lipinski definition) is 3. The number of benzene rings is 1. The molecule has 4 heteroatoms. The Morgan fingerprint density at radius 3 is 2.48 bits per heavy atom. The first-order valence-corrected chi connectivity index (χ1v) is 9.47. The van der Waals surface area contributed by atoms with Crippen LogP contribution in [0.5, 0.6) is 5.75 Å². The number of carbonyl (C=O) groups is 1. The van der Waals surface area contributed by atoms with Crippen molar-refractivity contribution in [1.29, 1.82) is 0 Å². The van der Waals surface area contributed by atoms with Crippen molar-refractivity contribution in [1.82, 2.24) is 10.3 Å². The van der Waals surface area contributed by atoms with Crippen LogP contribution in [-0.4, -0.2) is 23.0 Å². The van der Waals surface area contributed by atoms with Crippen LogP contribution in [0.4, 0.5) is 0 Å². The van der Waals surface area contributed by atoms with Gasteiger partial charge in [0.15, 0.2) is 6.61 Å². The van der Waals surface area contributed by atoms with E-state index in [0.29, 0.717) is 5.75 Å². The summed E-state index contributed by atoms with van der Waals surface area (Å²) in [5, 5.41) is 4.39. The van der Waals surface area contributed by atoms with Gasteiger partial charge in [0.25, 0.3) is 5.91 Å². The van der Waals surface area contributed by atoms with Gasteiger partial charge in [-0.2, -0.15) is 0 Å². The van der Waals surface area contributed by atoms with Crippen molar-refractivity contribution >= 4 is 16.8 Å². The number of nitrogens with zero attached hydrogens (tertiary/aromatic N) is 1. The molecule has 4 aliphatic rings. The third-order valence-electron chi connectivity index (χ3n) is 6.40. The third-order valence-corrected chi connectivity index (χ3v) is 6.40. The van der Waals surface area contributed by atoms with E-state index in [4.69, 9.17) is 4.74 Å². The van der Waals surface area contributed by atoms with Crippen molar-refractivity contribution in [3.05, 3.63) is 36.5 Å². The van der Waals surface area contributed by atoms with Gasteiger partial charge >= 0.3 is 0 Å². The Hall–Kier alpha value is -2.10. The molecule has 0 radical (unpaired) electrons. The molecular formula is C21H24N2O2. The van der Waals surface area contributed by atoms with Gasteiger partial charge in [0.1, 0.15) is 11.3 Å². The summed E-state index contributed by atoms with van der Waals surface area (Å²) in [5.41, 5.74) is 0.860. The highest BCUT2D eigenvalue weighted by atomic mass is 16.5. The molecule has 0 atom stereocenters. The molecule has 1 N–H and O–H groups in total. The molecule has 4 bridgehead atoms. The molecule has 6 rings (SSSR count). The second kappa shape index (κ2) is 5.72. The monoisotopic (exact) mass is 336 g/mol. The number of ether oxygens (including phenoxy) is 1. The normalized spacial score (nSPS) is 32.7. The molecule has 4 aliphatic carbocycles. The maximum absolute atomic E-state index is 12.6. The highest BCUT2D eigenvalue weighted by Gasteiger charge is 2.51. The number of fused-ring (bicyclic) bond motifs is 1. The molecule has 2 aromatic rings. The second-order valence-corrected chi connectivity index (χ2v) is 8.37. The Morgan fingerprint density at radius 1 is 1.08 bits per heavy atom. The van der Waals surface area contributed by atoms with Crippen LogP contribution in [0.1, 0.15) is 38.5 Å². The van der Waals surface area contributed by atoms with Crippen LogP contribution in [0.25, 0.3) is 10.9 Å². The van der Waals surface area contributed by atoms with E-state index in [1.54, 1.807) is 6.20 Å². The summed E-state index contributed by atoms with van der Waals surface area (Å²) in [7, 11) is 0. The first-order valence-electron chi connectivity index (χ1n) is 9.47. The Labute approximate surface area is 148 Å². The number of aromatic nitrogens is 1. The zero-order valence-corrected chi connectivity index (χ0v) is 14.4. The molecule has 4 nitrogen and oxygen atoms in total. The lowest BCUT2D eigenvalue weighted by molar-refractivity contribution is -0.128. The predicted octanol–water partition coefficient (Wildman–Crippen LogP) is 3.70. The van der Waals surface area contributed by atoms with Gasteiger partial charge in [-0.1, -0.05) is 18.2 Å². The standard InChI is InChI=1S/C21H24N2O2/c24-19(13-25-18-5-1-3-17-4-2-6-22-20(17)18)23-21-10-14-7-15(11-21)9-16(8-14)12-21/h1-6,14-16H,7-13H2,(H,23,24). The number of carbonyl (C=O) groups excluding carboxylic acids is 1. The second-order valence-electron chi connectivity index (χ2n) is 8.37. The maximum Gasteiger partial charge on any atom is 0.258 e. The fraction of sp³-hybridized carbons (Fsp3) is 0.524. The summed E-state index contributed by atoms with van der Waals surface area (Å²) in [6.07, 6.45) is 9.40. The van der Waals surface area contributed by atoms with Crippen molar-refractivity contribution < 1.29 is 9.53 Å². The average molecular weight is 336 g/mol. The van der Waals surface area contributed by atoms with E-state index >= 15 is 0 Å². The van der Waals surface area contributed by atoms with E-state index in [1.165, 1.54) is 38.5 Å². The van der Waals surface area contributed by atoms with Gasteiger partial charge in [0.2, 0.25) is 0 Å². The van der Waals surface area contributed by atoms with E-state index in [-0.39, 0.29) is 18.1 Å². The van der Waals surface area contributed by atoms with E-state index in [0.717, 1.165) is 28.7 Å². The van der Waals surface area contributed by atoms with Crippen LogP contribution >= 0.6 is 0 Å². The number of para-hydroxylation sites is 1. The lowest BCUT2D eigenvalue weighted by Crippen LogP contribution is -2.60. The van der Waals surface area contributed by atoms with Gasteiger partial charge in [-0.15, -0.1) is 0 Å². The Bertz CT molecular complexity index is 776. The molecule has 1 aromatic heterocycles. The van der Waals surface area contributed by atoms with Crippen LogP contribution in [0.3, 0.4) is 0 Å². The van der Waals surface area contributed by atoms with Crippen molar-refractivity contribution in [2.24, 2.45) is 17.8 Å².